The first-order chi connectivity index (χ1) is 9.66. The Hall–Kier alpha value is -1.39. The van der Waals surface area contributed by atoms with Crippen LogP contribution in [0.2, 0.25) is 10.2 Å². The van der Waals surface area contributed by atoms with Gasteiger partial charge in [-0.2, -0.15) is 0 Å². The molecule has 0 saturated carbocycles. The molecule has 1 aromatic carbocycles. The molecule has 0 fully saturated rings. The number of nitrogens with one attached hydrogen (secondary N) is 1. The van der Waals surface area contributed by atoms with Crippen molar-refractivity contribution in [3.63, 3.8) is 0 Å². The van der Waals surface area contributed by atoms with Crippen molar-refractivity contribution in [1.29, 1.82) is 0 Å². The zero-order valence-electron chi connectivity index (χ0n) is 12.3. The Balaban J connectivity index is 2.46. The van der Waals surface area contributed by atoms with Crippen LogP contribution < -0.4 is 5.32 Å². The number of rotatable bonds is 2. The Labute approximate surface area is 133 Å². The third-order valence-electron chi connectivity index (χ3n) is 2.88. The zero-order valence-corrected chi connectivity index (χ0v) is 13.8. The van der Waals surface area contributed by atoms with Crippen molar-refractivity contribution in [2.45, 2.75) is 33.1 Å². The van der Waals surface area contributed by atoms with Crippen LogP contribution in [0.1, 0.15) is 32.2 Å². The predicted octanol–water partition coefficient (Wildman–Crippen LogP) is 5.27. The minimum Gasteiger partial charge on any atom is -0.340 e. The Morgan fingerprint density at radius 2 is 1.76 bits per heavy atom. The molecule has 0 saturated heterocycles. The van der Waals surface area contributed by atoms with Crippen LogP contribution in [0.25, 0.3) is 0 Å². The van der Waals surface area contributed by atoms with Gasteiger partial charge in [-0.1, -0.05) is 44.0 Å². The fourth-order valence-electron chi connectivity index (χ4n) is 1.71. The van der Waals surface area contributed by atoms with Gasteiger partial charge in [0.25, 0.3) is 0 Å². The largest absolute Gasteiger partial charge is 0.340 e. The minimum atomic E-state index is -0.418. The third kappa shape index (κ3) is 3.83. The van der Waals surface area contributed by atoms with Gasteiger partial charge >= 0.3 is 0 Å². The smallest absolute Gasteiger partial charge is 0.138 e. The van der Waals surface area contributed by atoms with Gasteiger partial charge in [-0.05, 0) is 25.1 Å². The summed E-state index contributed by atoms with van der Waals surface area (Å²) in [6, 6.07) is 4.21. The molecule has 6 heteroatoms. The number of anilines is 2. The maximum absolute atomic E-state index is 13.4. The molecule has 1 heterocycles. The van der Waals surface area contributed by atoms with E-state index in [0.717, 1.165) is 0 Å². The lowest BCUT2D eigenvalue weighted by Crippen LogP contribution is -2.17. The molecule has 112 valence electrons. The molecule has 0 amide bonds. The second-order valence-electron chi connectivity index (χ2n) is 5.84. The molecule has 3 nitrogen and oxygen atoms in total. The summed E-state index contributed by atoms with van der Waals surface area (Å²) in [5.41, 5.74) is 0.968. The lowest BCUT2D eigenvalue weighted by Gasteiger charge is -2.19. The van der Waals surface area contributed by atoms with Crippen LogP contribution in [0.3, 0.4) is 0 Å². The van der Waals surface area contributed by atoms with Gasteiger partial charge < -0.3 is 5.32 Å². The highest BCUT2D eigenvalue weighted by Gasteiger charge is 2.20. The summed E-state index contributed by atoms with van der Waals surface area (Å²) in [5, 5.41) is 3.73. The quantitative estimate of drug-likeness (QED) is 0.763. The predicted molar refractivity (Wildman–Crippen MR) is 85.2 cm³/mol. The number of hydrogen-bond acceptors (Lipinski definition) is 3. The van der Waals surface area contributed by atoms with Crippen molar-refractivity contribution < 1.29 is 4.39 Å². The van der Waals surface area contributed by atoms with Crippen LogP contribution in [-0.2, 0) is 5.41 Å². The summed E-state index contributed by atoms with van der Waals surface area (Å²) in [6.45, 7) is 7.79. The standard InChI is InChI=1S/C15H16Cl2FN3/c1-8-12(17)20-14(15(2,3)4)21-13(8)19-11-6-9(16)5-10(18)7-11/h5-7H,1-4H3,(H,19,20,21). The first-order valence-corrected chi connectivity index (χ1v) is 7.20. The van der Waals surface area contributed by atoms with E-state index in [1.54, 1.807) is 13.0 Å². The SMILES string of the molecule is Cc1c(Cl)nc(C(C)(C)C)nc1Nc1cc(F)cc(Cl)c1. The number of aromatic nitrogens is 2. The van der Waals surface area contributed by atoms with E-state index >= 15 is 0 Å². The van der Waals surface area contributed by atoms with E-state index in [-0.39, 0.29) is 5.41 Å². The molecule has 0 aliphatic heterocycles. The van der Waals surface area contributed by atoms with E-state index < -0.39 is 5.82 Å². The van der Waals surface area contributed by atoms with E-state index in [1.165, 1.54) is 12.1 Å². The molecule has 0 bridgehead atoms. The molecule has 1 aromatic heterocycles. The van der Waals surface area contributed by atoms with Crippen molar-refractivity contribution in [3.05, 3.63) is 45.6 Å². The van der Waals surface area contributed by atoms with E-state index in [4.69, 9.17) is 23.2 Å². The maximum Gasteiger partial charge on any atom is 0.138 e. The minimum absolute atomic E-state index is 0.243. The van der Waals surface area contributed by atoms with Gasteiger partial charge in [0.2, 0.25) is 0 Å². The molecular weight excluding hydrogens is 312 g/mol. The Morgan fingerprint density at radius 3 is 2.33 bits per heavy atom. The summed E-state index contributed by atoms with van der Waals surface area (Å²) in [6.07, 6.45) is 0. The number of benzene rings is 1. The second kappa shape index (κ2) is 5.78. The van der Waals surface area contributed by atoms with E-state index in [2.05, 4.69) is 15.3 Å². The average Bonchev–Trinajstić information content (AvgIpc) is 2.32. The number of halogens is 3. The van der Waals surface area contributed by atoms with Crippen molar-refractivity contribution >= 4 is 34.7 Å². The van der Waals surface area contributed by atoms with Crippen molar-refractivity contribution in [3.8, 4) is 0 Å². The van der Waals surface area contributed by atoms with E-state index in [0.29, 0.717) is 33.1 Å². The molecule has 0 spiro atoms. The first kappa shape index (κ1) is 16.0. The molecule has 21 heavy (non-hydrogen) atoms. The second-order valence-corrected chi connectivity index (χ2v) is 6.64. The summed E-state index contributed by atoms with van der Waals surface area (Å²) in [5.74, 6) is 0.739. The highest BCUT2D eigenvalue weighted by atomic mass is 35.5. The molecular formula is C15H16Cl2FN3. The Bertz CT molecular complexity index is 661. The van der Waals surface area contributed by atoms with Crippen molar-refractivity contribution in [2.75, 3.05) is 5.32 Å². The maximum atomic E-state index is 13.4. The summed E-state index contributed by atoms with van der Waals surface area (Å²) >= 11 is 12.0. The highest BCUT2D eigenvalue weighted by molar-refractivity contribution is 6.31. The summed E-state index contributed by atoms with van der Waals surface area (Å²) < 4.78 is 13.4. The van der Waals surface area contributed by atoms with Gasteiger partial charge in [-0.3, -0.25) is 0 Å². The lowest BCUT2D eigenvalue weighted by atomic mass is 9.95. The van der Waals surface area contributed by atoms with Gasteiger partial charge in [-0.25, -0.2) is 14.4 Å². The molecule has 0 aliphatic carbocycles. The lowest BCUT2D eigenvalue weighted by molar-refractivity contribution is 0.545. The van der Waals surface area contributed by atoms with Gasteiger partial charge in [0.05, 0.1) is 0 Å². The summed E-state index contributed by atoms with van der Waals surface area (Å²) in [4.78, 5) is 8.78. The van der Waals surface area contributed by atoms with Crippen LogP contribution in [0, 0.1) is 12.7 Å². The first-order valence-electron chi connectivity index (χ1n) is 6.44. The normalized spacial score (nSPS) is 11.6. The molecule has 2 aromatic rings. The highest BCUT2D eigenvalue weighted by Crippen LogP contribution is 2.29. The third-order valence-corrected chi connectivity index (χ3v) is 3.47. The van der Waals surface area contributed by atoms with Gasteiger partial charge in [-0.15, -0.1) is 0 Å². The van der Waals surface area contributed by atoms with Crippen molar-refractivity contribution in [2.24, 2.45) is 0 Å². The fraction of sp³-hybridized carbons (Fsp3) is 0.333. The van der Waals surface area contributed by atoms with Crippen LogP contribution >= 0.6 is 23.2 Å². The zero-order chi connectivity index (χ0) is 15.8. The summed E-state index contributed by atoms with van der Waals surface area (Å²) in [7, 11) is 0. The molecule has 0 atom stereocenters. The number of hydrogen-bond donors (Lipinski definition) is 1. The van der Waals surface area contributed by atoms with Gasteiger partial charge in [0, 0.05) is 21.7 Å². The van der Waals surface area contributed by atoms with Crippen LogP contribution in [0.4, 0.5) is 15.9 Å². The molecule has 1 N–H and O–H groups in total. The molecule has 2 rings (SSSR count). The van der Waals surface area contributed by atoms with Crippen LogP contribution in [-0.4, -0.2) is 9.97 Å². The Morgan fingerprint density at radius 1 is 1.10 bits per heavy atom. The number of nitrogens with zero attached hydrogens (tertiary/aromatic N) is 2. The molecule has 0 radical (unpaired) electrons. The fourth-order valence-corrected chi connectivity index (χ4v) is 2.10. The van der Waals surface area contributed by atoms with Gasteiger partial charge in [0.15, 0.2) is 0 Å². The Kier molecular flexibility index (Phi) is 4.40. The van der Waals surface area contributed by atoms with Crippen LogP contribution in [0.15, 0.2) is 18.2 Å². The van der Waals surface area contributed by atoms with Crippen molar-refractivity contribution in [1.82, 2.24) is 9.97 Å². The van der Waals surface area contributed by atoms with E-state index in [9.17, 15) is 4.39 Å². The molecule has 0 aliphatic rings. The van der Waals surface area contributed by atoms with E-state index in [1.807, 2.05) is 20.8 Å². The average molecular weight is 328 g/mol. The monoisotopic (exact) mass is 327 g/mol. The topological polar surface area (TPSA) is 37.8 Å². The van der Waals surface area contributed by atoms with Crippen LogP contribution in [0.5, 0.6) is 0 Å². The van der Waals surface area contributed by atoms with Gasteiger partial charge in [0.1, 0.15) is 22.6 Å². The molecule has 0 unspecified atom stereocenters.